The van der Waals surface area contributed by atoms with Crippen LogP contribution in [0.2, 0.25) is 0 Å². The number of carbonyl (C=O) groups is 1. The summed E-state index contributed by atoms with van der Waals surface area (Å²) in [5, 5.41) is 3.19. The first-order valence-corrected chi connectivity index (χ1v) is 12.9. The lowest BCUT2D eigenvalue weighted by Crippen LogP contribution is -2.50. The van der Waals surface area contributed by atoms with Gasteiger partial charge < -0.3 is 10.2 Å². The van der Waals surface area contributed by atoms with E-state index in [2.05, 4.69) is 33.1 Å². The topological polar surface area (TPSA) is 69.7 Å². The number of halogens is 1. The predicted molar refractivity (Wildman–Crippen MR) is 118 cm³/mol. The van der Waals surface area contributed by atoms with Crippen molar-refractivity contribution in [1.29, 1.82) is 0 Å². The van der Waals surface area contributed by atoms with Crippen LogP contribution in [0, 0.1) is 5.92 Å². The van der Waals surface area contributed by atoms with Gasteiger partial charge in [-0.3, -0.25) is 4.79 Å². The number of sulfonamides is 1. The third-order valence-corrected chi connectivity index (χ3v) is 8.38. The van der Waals surface area contributed by atoms with Crippen molar-refractivity contribution in [3.05, 3.63) is 28.7 Å². The first kappa shape index (κ1) is 22.7. The van der Waals surface area contributed by atoms with E-state index >= 15 is 0 Å². The molecule has 2 aliphatic heterocycles. The highest BCUT2D eigenvalue weighted by atomic mass is 79.9. The van der Waals surface area contributed by atoms with Crippen LogP contribution >= 0.6 is 15.9 Å². The second kappa shape index (κ2) is 10.4. The minimum Gasteiger partial charge on any atom is -0.353 e. The summed E-state index contributed by atoms with van der Waals surface area (Å²) >= 11 is 3.34. The summed E-state index contributed by atoms with van der Waals surface area (Å²) < 4.78 is 28.2. The predicted octanol–water partition coefficient (Wildman–Crippen LogP) is 3.23. The van der Waals surface area contributed by atoms with Crippen molar-refractivity contribution in [1.82, 2.24) is 14.5 Å². The number of carbonyl (C=O) groups excluding carboxylic acids is 1. The summed E-state index contributed by atoms with van der Waals surface area (Å²) in [6.45, 7) is 6.14. The second-order valence-corrected chi connectivity index (χ2v) is 11.0. The minimum absolute atomic E-state index is 0.00714. The minimum atomic E-state index is -3.57. The molecule has 0 saturated carbocycles. The van der Waals surface area contributed by atoms with E-state index in [1.54, 1.807) is 24.3 Å². The molecule has 2 fully saturated rings. The SMILES string of the molecule is CCCCN1CCC(NC(=O)C2CCCN(S(=O)(=O)c3ccc(Br)cc3)C2)CC1. The Bertz CT molecular complexity index is 777. The molecule has 8 heteroatoms. The van der Waals surface area contributed by atoms with Crippen molar-refractivity contribution in [3.63, 3.8) is 0 Å². The molecule has 1 amide bonds. The Kier molecular flexibility index (Phi) is 8.13. The maximum Gasteiger partial charge on any atom is 0.243 e. The van der Waals surface area contributed by atoms with Crippen LogP contribution in [0.25, 0.3) is 0 Å². The number of likely N-dealkylation sites (tertiary alicyclic amines) is 1. The molecule has 0 aliphatic carbocycles. The van der Waals surface area contributed by atoms with Crippen molar-refractivity contribution >= 4 is 31.9 Å². The number of amides is 1. The molecule has 1 unspecified atom stereocenters. The molecule has 2 aliphatic rings. The summed E-state index contributed by atoms with van der Waals surface area (Å²) in [5.41, 5.74) is 0. The summed E-state index contributed by atoms with van der Waals surface area (Å²) in [5.74, 6) is -0.264. The average Bonchev–Trinajstić information content (AvgIpc) is 2.73. The highest BCUT2D eigenvalue weighted by Crippen LogP contribution is 2.25. The quantitative estimate of drug-likeness (QED) is 0.643. The van der Waals surface area contributed by atoms with Gasteiger partial charge in [-0.05, 0) is 62.9 Å². The monoisotopic (exact) mass is 485 g/mol. The van der Waals surface area contributed by atoms with E-state index in [1.807, 2.05) is 0 Å². The Morgan fingerprint density at radius 1 is 1.14 bits per heavy atom. The molecular formula is C21H32BrN3O3S. The van der Waals surface area contributed by atoms with Crippen molar-refractivity contribution < 1.29 is 13.2 Å². The number of hydrogen-bond acceptors (Lipinski definition) is 4. The molecular weight excluding hydrogens is 454 g/mol. The molecule has 1 atom stereocenters. The molecule has 29 heavy (non-hydrogen) atoms. The second-order valence-electron chi connectivity index (χ2n) is 8.13. The van der Waals surface area contributed by atoms with E-state index in [4.69, 9.17) is 0 Å². The van der Waals surface area contributed by atoms with Gasteiger partial charge in [0.05, 0.1) is 10.8 Å². The van der Waals surface area contributed by atoms with Crippen molar-refractivity contribution in [2.45, 2.75) is 56.4 Å². The molecule has 0 radical (unpaired) electrons. The van der Waals surface area contributed by atoms with Gasteiger partial charge in [-0.2, -0.15) is 4.31 Å². The number of benzene rings is 1. The number of hydrogen-bond donors (Lipinski definition) is 1. The number of piperidine rings is 2. The average molecular weight is 486 g/mol. The smallest absolute Gasteiger partial charge is 0.243 e. The van der Waals surface area contributed by atoms with Crippen LogP contribution in [0.4, 0.5) is 0 Å². The van der Waals surface area contributed by atoms with E-state index < -0.39 is 10.0 Å². The molecule has 1 N–H and O–H groups in total. The standard InChI is InChI=1S/C21H32BrN3O3S/c1-2-3-12-24-14-10-19(11-15-24)23-21(26)17-5-4-13-25(16-17)29(27,28)20-8-6-18(22)7-9-20/h6-9,17,19H,2-5,10-16H2,1H3,(H,23,26). The fraction of sp³-hybridized carbons (Fsp3) is 0.667. The van der Waals surface area contributed by atoms with Crippen LogP contribution in [0.15, 0.2) is 33.6 Å². The molecule has 162 valence electrons. The first-order chi connectivity index (χ1) is 13.9. The normalized spacial score (nSPS) is 22.5. The zero-order valence-corrected chi connectivity index (χ0v) is 19.6. The van der Waals surface area contributed by atoms with Crippen LogP contribution in [0.1, 0.15) is 45.4 Å². The molecule has 1 aromatic carbocycles. The maximum atomic E-state index is 13.0. The fourth-order valence-corrected chi connectivity index (χ4v) is 5.92. The van der Waals surface area contributed by atoms with E-state index in [0.29, 0.717) is 13.0 Å². The summed E-state index contributed by atoms with van der Waals surface area (Å²) in [7, 11) is -3.57. The van der Waals surface area contributed by atoms with Crippen LogP contribution in [-0.2, 0) is 14.8 Å². The number of unbranched alkanes of at least 4 members (excludes halogenated alkanes) is 1. The lowest BCUT2D eigenvalue weighted by atomic mass is 9.97. The highest BCUT2D eigenvalue weighted by Gasteiger charge is 2.34. The molecule has 0 spiro atoms. The van der Waals surface area contributed by atoms with Gasteiger partial charge in [0.2, 0.25) is 15.9 Å². The van der Waals surface area contributed by atoms with Gasteiger partial charge in [-0.25, -0.2) is 8.42 Å². The Hall–Kier alpha value is -0.960. The Morgan fingerprint density at radius 3 is 2.48 bits per heavy atom. The van der Waals surface area contributed by atoms with Crippen LogP contribution in [-0.4, -0.2) is 62.3 Å². The Balaban J connectivity index is 1.54. The first-order valence-electron chi connectivity index (χ1n) is 10.7. The third-order valence-electron chi connectivity index (χ3n) is 5.97. The third kappa shape index (κ3) is 6.03. The van der Waals surface area contributed by atoms with E-state index in [9.17, 15) is 13.2 Å². The molecule has 3 rings (SSSR count). The largest absolute Gasteiger partial charge is 0.353 e. The van der Waals surface area contributed by atoms with Crippen LogP contribution in [0.3, 0.4) is 0 Å². The van der Waals surface area contributed by atoms with Gasteiger partial charge in [-0.1, -0.05) is 29.3 Å². The molecule has 6 nitrogen and oxygen atoms in total. The van der Waals surface area contributed by atoms with E-state index in [1.165, 1.54) is 17.1 Å². The van der Waals surface area contributed by atoms with Gasteiger partial charge in [-0.15, -0.1) is 0 Å². The summed E-state index contributed by atoms with van der Waals surface area (Å²) in [6, 6.07) is 6.88. The van der Waals surface area contributed by atoms with Crippen molar-refractivity contribution in [3.8, 4) is 0 Å². The van der Waals surface area contributed by atoms with Gasteiger partial charge >= 0.3 is 0 Å². The van der Waals surface area contributed by atoms with E-state index in [0.717, 1.165) is 43.4 Å². The fourth-order valence-electron chi connectivity index (χ4n) is 4.13. The lowest BCUT2D eigenvalue weighted by molar-refractivity contribution is -0.127. The highest BCUT2D eigenvalue weighted by molar-refractivity contribution is 9.10. The van der Waals surface area contributed by atoms with Crippen LogP contribution in [0.5, 0.6) is 0 Å². The molecule has 2 saturated heterocycles. The van der Waals surface area contributed by atoms with Gasteiger partial charge in [0.15, 0.2) is 0 Å². The van der Waals surface area contributed by atoms with Crippen molar-refractivity contribution in [2.24, 2.45) is 5.92 Å². The van der Waals surface area contributed by atoms with E-state index in [-0.39, 0.29) is 29.3 Å². The lowest BCUT2D eigenvalue weighted by Gasteiger charge is -2.35. The van der Waals surface area contributed by atoms with Gasteiger partial charge in [0.1, 0.15) is 0 Å². The zero-order chi connectivity index (χ0) is 20.9. The number of rotatable bonds is 7. The number of nitrogens with one attached hydrogen (secondary N) is 1. The number of nitrogens with zero attached hydrogens (tertiary/aromatic N) is 2. The maximum absolute atomic E-state index is 13.0. The van der Waals surface area contributed by atoms with Crippen molar-refractivity contribution in [2.75, 3.05) is 32.7 Å². The summed E-state index contributed by atoms with van der Waals surface area (Å²) in [6.07, 6.45) is 5.84. The summed E-state index contributed by atoms with van der Waals surface area (Å²) in [4.78, 5) is 15.6. The Labute approximate surface area is 183 Å². The molecule has 2 heterocycles. The zero-order valence-electron chi connectivity index (χ0n) is 17.1. The van der Waals surface area contributed by atoms with Crippen LogP contribution < -0.4 is 5.32 Å². The van der Waals surface area contributed by atoms with Gasteiger partial charge in [0, 0.05) is 36.7 Å². The Morgan fingerprint density at radius 2 is 1.83 bits per heavy atom. The van der Waals surface area contributed by atoms with Gasteiger partial charge in [0.25, 0.3) is 0 Å². The molecule has 1 aromatic rings. The molecule has 0 aromatic heterocycles. The molecule has 0 bridgehead atoms.